The van der Waals surface area contributed by atoms with Gasteiger partial charge in [-0.2, -0.15) is 13.2 Å². The van der Waals surface area contributed by atoms with E-state index in [1.165, 1.54) is 24.3 Å². The molecule has 1 heterocycles. The maximum atomic E-state index is 12.3. The van der Waals surface area contributed by atoms with Crippen molar-refractivity contribution in [2.75, 3.05) is 0 Å². The van der Waals surface area contributed by atoms with Gasteiger partial charge in [0.1, 0.15) is 5.75 Å². The summed E-state index contributed by atoms with van der Waals surface area (Å²) in [5.74, 6) is 0.249. The number of phenols is 1. The third-order valence-electron chi connectivity index (χ3n) is 2.10. The Morgan fingerprint density at radius 1 is 0.941 bits per heavy atom. The van der Waals surface area contributed by atoms with Crippen molar-refractivity contribution in [1.82, 2.24) is 9.97 Å². The summed E-state index contributed by atoms with van der Waals surface area (Å²) >= 11 is 0. The molecule has 2 aromatic rings. The fourth-order valence-corrected chi connectivity index (χ4v) is 1.23. The Balaban J connectivity index is 2.33. The number of aromatic hydroxyl groups is 1. The average molecular weight is 240 g/mol. The third kappa shape index (κ3) is 2.52. The largest absolute Gasteiger partial charge is 0.508 e. The predicted octanol–water partition coefficient (Wildman–Crippen LogP) is 2.87. The number of alkyl halides is 3. The van der Waals surface area contributed by atoms with E-state index in [1.807, 2.05) is 0 Å². The molecule has 0 bridgehead atoms. The predicted molar refractivity (Wildman–Crippen MR) is 54.1 cm³/mol. The van der Waals surface area contributed by atoms with Crippen LogP contribution in [0, 0.1) is 0 Å². The van der Waals surface area contributed by atoms with Gasteiger partial charge in [0.2, 0.25) is 0 Å². The van der Waals surface area contributed by atoms with Crippen molar-refractivity contribution >= 4 is 0 Å². The van der Waals surface area contributed by atoms with E-state index in [2.05, 4.69) is 9.97 Å². The molecule has 0 spiro atoms. The monoisotopic (exact) mass is 240 g/mol. The van der Waals surface area contributed by atoms with Gasteiger partial charge in [0.05, 0.1) is 5.56 Å². The first-order chi connectivity index (χ1) is 7.97. The standard InChI is InChI=1S/C11H7F3N2O/c12-11(13,14)8-5-15-10(16-6-8)7-1-3-9(17)4-2-7/h1-6,17H. The maximum absolute atomic E-state index is 12.3. The molecule has 0 saturated carbocycles. The zero-order chi connectivity index (χ0) is 12.5. The molecule has 0 unspecified atom stereocenters. The molecule has 0 aliphatic carbocycles. The average Bonchev–Trinajstić information content (AvgIpc) is 2.29. The van der Waals surface area contributed by atoms with Gasteiger partial charge in [-0.3, -0.25) is 0 Å². The number of hydrogen-bond donors (Lipinski definition) is 1. The van der Waals surface area contributed by atoms with Gasteiger partial charge in [0.25, 0.3) is 0 Å². The van der Waals surface area contributed by atoms with Crippen LogP contribution in [0.5, 0.6) is 5.75 Å². The van der Waals surface area contributed by atoms with Crippen molar-refractivity contribution in [1.29, 1.82) is 0 Å². The lowest BCUT2D eigenvalue weighted by molar-refractivity contribution is -0.138. The summed E-state index contributed by atoms with van der Waals surface area (Å²) in [5.41, 5.74) is -0.350. The maximum Gasteiger partial charge on any atom is 0.419 e. The van der Waals surface area contributed by atoms with Crippen molar-refractivity contribution in [3.05, 3.63) is 42.2 Å². The zero-order valence-electron chi connectivity index (χ0n) is 8.44. The fourth-order valence-electron chi connectivity index (χ4n) is 1.23. The quantitative estimate of drug-likeness (QED) is 0.833. The summed E-state index contributed by atoms with van der Waals surface area (Å²) in [6.45, 7) is 0. The van der Waals surface area contributed by atoms with Crippen molar-refractivity contribution in [2.45, 2.75) is 6.18 Å². The van der Waals surface area contributed by atoms with Crippen LogP contribution in [0.25, 0.3) is 11.4 Å². The molecule has 3 nitrogen and oxygen atoms in total. The number of rotatable bonds is 1. The molecule has 0 aliphatic rings. The number of halogens is 3. The minimum absolute atomic E-state index is 0.0701. The highest BCUT2D eigenvalue weighted by molar-refractivity contribution is 5.55. The van der Waals surface area contributed by atoms with Crippen LogP contribution in [0.2, 0.25) is 0 Å². The van der Waals surface area contributed by atoms with E-state index in [0.717, 1.165) is 12.4 Å². The lowest BCUT2D eigenvalue weighted by Gasteiger charge is -2.06. The van der Waals surface area contributed by atoms with Gasteiger partial charge in [-0.05, 0) is 24.3 Å². The van der Waals surface area contributed by atoms with Crippen LogP contribution in [-0.2, 0) is 6.18 Å². The smallest absolute Gasteiger partial charge is 0.419 e. The Morgan fingerprint density at radius 3 is 1.94 bits per heavy atom. The molecular weight excluding hydrogens is 233 g/mol. The zero-order valence-corrected chi connectivity index (χ0v) is 8.44. The van der Waals surface area contributed by atoms with Crippen LogP contribution in [-0.4, -0.2) is 15.1 Å². The molecule has 0 radical (unpaired) electrons. The first-order valence-corrected chi connectivity index (χ1v) is 4.65. The van der Waals surface area contributed by atoms with Crippen LogP contribution in [0.15, 0.2) is 36.7 Å². The van der Waals surface area contributed by atoms with Gasteiger partial charge < -0.3 is 5.11 Å². The van der Waals surface area contributed by atoms with Gasteiger partial charge in [-0.1, -0.05) is 0 Å². The van der Waals surface area contributed by atoms with Gasteiger partial charge in [-0.25, -0.2) is 9.97 Å². The van der Waals surface area contributed by atoms with E-state index < -0.39 is 11.7 Å². The number of aromatic nitrogens is 2. The Morgan fingerprint density at radius 2 is 1.47 bits per heavy atom. The minimum atomic E-state index is -4.44. The van der Waals surface area contributed by atoms with E-state index in [-0.39, 0.29) is 11.6 Å². The number of nitrogens with zero attached hydrogens (tertiary/aromatic N) is 2. The molecule has 6 heteroatoms. The Kier molecular flexibility index (Phi) is 2.71. The summed E-state index contributed by atoms with van der Waals surface area (Å²) in [7, 11) is 0. The lowest BCUT2D eigenvalue weighted by atomic mass is 10.2. The molecule has 0 saturated heterocycles. The van der Waals surface area contributed by atoms with E-state index in [1.54, 1.807) is 0 Å². The molecule has 1 aromatic heterocycles. The normalized spacial score (nSPS) is 11.5. The van der Waals surface area contributed by atoms with E-state index in [9.17, 15) is 13.2 Å². The summed E-state index contributed by atoms with van der Waals surface area (Å²) in [4.78, 5) is 7.26. The van der Waals surface area contributed by atoms with Crippen molar-refractivity contribution in [2.24, 2.45) is 0 Å². The van der Waals surface area contributed by atoms with Gasteiger partial charge in [-0.15, -0.1) is 0 Å². The lowest BCUT2D eigenvalue weighted by Crippen LogP contribution is -2.06. The minimum Gasteiger partial charge on any atom is -0.508 e. The highest BCUT2D eigenvalue weighted by Crippen LogP contribution is 2.28. The topological polar surface area (TPSA) is 46.0 Å². The first kappa shape index (κ1) is 11.4. The van der Waals surface area contributed by atoms with E-state index >= 15 is 0 Å². The van der Waals surface area contributed by atoms with E-state index in [4.69, 9.17) is 5.11 Å². The molecule has 0 atom stereocenters. The molecule has 1 aromatic carbocycles. The highest BCUT2D eigenvalue weighted by Gasteiger charge is 2.31. The fraction of sp³-hybridized carbons (Fsp3) is 0.0909. The molecule has 2 rings (SSSR count). The molecule has 0 fully saturated rings. The second-order valence-corrected chi connectivity index (χ2v) is 3.34. The SMILES string of the molecule is Oc1ccc(-c2ncc(C(F)(F)F)cn2)cc1. The summed E-state index contributed by atoms with van der Waals surface area (Å²) in [6, 6.07) is 5.88. The number of benzene rings is 1. The van der Waals surface area contributed by atoms with Crippen LogP contribution in [0.4, 0.5) is 13.2 Å². The molecule has 17 heavy (non-hydrogen) atoms. The molecular formula is C11H7F3N2O. The van der Waals surface area contributed by atoms with Crippen molar-refractivity contribution < 1.29 is 18.3 Å². The Hall–Kier alpha value is -2.11. The van der Waals surface area contributed by atoms with Gasteiger partial charge >= 0.3 is 6.18 Å². The van der Waals surface area contributed by atoms with Crippen LogP contribution < -0.4 is 0 Å². The van der Waals surface area contributed by atoms with Crippen LogP contribution in [0.1, 0.15) is 5.56 Å². The summed E-state index contributed by atoms with van der Waals surface area (Å²) in [5, 5.41) is 9.06. The molecule has 0 amide bonds. The van der Waals surface area contributed by atoms with E-state index in [0.29, 0.717) is 5.56 Å². The second-order valence-electron chi connectivity index (χ2n) is 3.34. The Bertz CT molecular complexity index is 506. The first-order valence-electron chi connectivity index (χ1n) is 4.65. The summed E-state index contributed by atoms with van der Waals surface area (Å²) in [6.07, 6.45) is -2.97. The third-order valence-corrected chi connectivity index (χ3v) is 2.10. The van der Waals surface area contributed by atoms with Gasteiger partial charge in [0, 0.05) is 18.0 Å². The highest BCUT2D eigenvalue weighted by atomic mass is 19.4. The van der Waals surface area contributed by atoms with Crippen molar-refractivity contribution in [3.8, 4) is 17.1 Å². The van der Waals surface area contributed by atoms with Gasteiger partial charge in [0.15, 0.2) is 5.82 Å². The number of hydrogen-bond acceptors (Lipinski definition) is 3. The summed E-state index contributed by atoms with van der Waals surface area (Å²) < 4.78 is 36.8. The Labute approximate surface area is 94.6 Å². The molecule has 1 N–H and O–H groups in total. The van der Waals surface area contributed by atoms with Crippen LogP contribution >= 0.6 is 0 Å². The van der Waals surface area contributed by atoms with Crippen LogP contribution in [0.3, 0.4) is 0 Å². The second kappa shape index (κ2) is 4.04. The van der Waals surface area contributed by atoms with Crippen molar-refractivity contribution in [3.63, 3.8) is 0 Å². The molecule has 0 aliphatic heterocycles. The molecule has 88 valence electrons. The number of phenolic OH excluding ortho intramolecular Hbond substituents is 1.